The molecule has 0 spiro atoms. The van der Waals surface area contributed by atoms with Gasteiger partial charge in [-0.25, -0.2) is 4.79 Å². The summed E-state index contributed by atoms with van der Waals surface area (Å²) in [6.07, 6.45) is 1.04. The van der Waals surface area contributed by atoms with Gasteiger partial charge in [-0.15, -0.1) is 22.7 Å². The number of thiazole rings is 1. The van der Waals surface area contributed by atoms with Crippen LogP contribution in [0.5, 0.6) is 0 Å². The maximum Gasteiger partial charge on any atom is 0.332 e. The van der Waals surface area contributed by atoms with Crippen molar-refractivity contribution in [2.75, 3.05) is 14.2 Å². The average molecular weight is 419 g/mol. The van der Waals surface area contributed by atoms with Gasteiger partial charge in [-0.1, -0.05) is 13.5 Å². The first-order valence-corrected chi connectivity index (χ1v) is 9.35. The van der Waals surface area contributed by atoms with Gasteiger partial charge >= 0.3 is 5.97 Å². The van der Waals surface area contributed by atoms with E-state index < -0.39 is 23.4 Å². The lowest BCUT2D eigenvalue weighted by Gasteiger charge is -2.23. The highest BCUT2D eigenvalue weighted by atomic mass is 32.1. The smallest absolute Gasteiger partial charge is 0.332 e. The van der Waals surface area contributed by atoms with E-state index in [1.807, 2.05) is 11.4 Å². The van der Waals surface area contributed by atoms with Crippen LogP contribution in [-0.4, -0.2) is 30.6 Å². The number of esters is 1. The maximum absolute atomic E-state index is 12.8. The fourth-order valence-electron chi connectivity index (χ4n) is 2.81. The zero-order chi connectivity index (χ0) is 19.7. The van der Waals surface area contributed by atoms with Gasteiger partial charge in [-0.3, -0.25) is 14.2 Å². The maximum atomic E-state index is 12.8. The molecule has 8 nitrogen and oxygen atoms in total. The second-order valence-electron chi connectivity index (χ2n) is 5.43. The number of methoxy groups -OCH3 is 1. The van der Waals surface area contributed by atoms with Crippen LogP contribution in [0.25, 0.3) is 17.5 Å². The van der Waals surface area contributed by atoms with Crippen molar-refractivity contribution in [2.45, 2.75) is 13.3 Å². The van der Waals surface area contributed by atoms with Crippen molar-refractivity contribution in [3.05, 3.63) is 47.5 Å². The van der Waals surface area contributed by atoms with Gasteiger partial charge in [0.15, 0.2) is 0 Å². The third-order valence-electron chi connectivity index (χ3n) is 4.02. The Kier molecular flexibility index (Phi) is 6.23. The summed E-state index contributed by atoms with van der Waals surface area (Å²) < 4.78 is 6.02. The standard InChI is InChI=1S/C17H14N4O4S2.CH4/c1-20-15(23)13-12(9-4-3-5-26-9)8(7-18)14(19)21-16(24)10(27-17(13)21)6-11(22)25-2;/h3-6,12H,19H2,1-2H3,(H,20,23);1H4/b10-6-;. The van der Waals surface area contributed by atoms with E-state index >= 15 is 0 Å². The second-order valence-corrected chi connectivity index (χ2v) is 7.44. The monoisotopic (exact) mass is 418 g/mol. The molecule has 3 N–H and O–H groups in total. The lowest BCUT2D eigenvalue weighted by Crippen LogP contribution is -2.41. The summed E-state index contributed by atoms with van der Waals surface area (Å²) in [4.78, 5) is 37.8. The minimum absolute atomic E-state index is 0. The predicted octanol–water partition coefficient (Wildman–Crippen LogP) is -0.0941. The lowest BCUT2D eigenvalue weighted by atomic mass is 9.88. The molecule has 1 unspecified atom stereocenters. The van der Waals surface area contributed by atoms with Crippen LogP contribution in [0.2, 0.25) is 0 Å². The molecule has 2 aromatic rings. The molecule has 28 heavy (non-hydrogen) atoms. The van der Waals surface area contributed by atoms with E-state index in [0.717, 1.165) is 26.9 Å². The van der Waals surface area contributed by atoms with Crippen molar-refractivity contribution < 1.29 is 14.3 Å². The van der Waals surface area contributed by atoms with Crippen LogP contribution in [0, 0.1) is 11.3 Å². The number of nitriles is 1. The van der Waals surface area contributed by atoms with Crippen molar-refractivity contribution in [2.24, 2.45) is 5.73 Å². The Balaban J connectivity index is 0.00000280. The fourth-order valence-corrected chi connectivity index (χ4v) is 4.79. The Morgan fingerprint density at radius 2 is 2.18 bits per heavy atom. The molecule has 10 heteroatoms. The number of hydrogen-bond donors (Lipinski definition) is 2. The molecule has 0 fully saturated rings. The molecule has 146 valence electrons. The third kappa shape index (κ3) is 3.26. The minimum atomic E-state index is -0.703. The van der Waals surface area contributed by atoms with E-state index in [1.54, 1.807) is 12.1 Å². The SMILES string of the molecule is C.CNC(=O)C1=c2s/c(=C\C(=O)OC)c(=O)n2C(N)=C(C#N)C1c1cccs1. The number of fused-ring (bicyclic) bond motifs is 1. The Labute approximate surface area is 168 Å². The summed E-state index contributed by atoms with van der Waals surface area (Å²) in [5, 5.41) is 14.1. The summed E-state index contributed by atoms with van der Waals surface area (Å²) in [6.45, 7) is 0. The first kappa shape index (κ1) is 21.1. The van der Waals surface area contributed by atoms with E-state index in [9.17, 15) is 19.6 Å². The van der Waals surface area contributed by atoms with Crippen molar-refractivity contribution in [3.63, 3.8) is 0 Å². The number of nitrogens with zero attached hydrogens (tertiary/aromatic N) is 2. The number of carbonyl (C=O) groups is 2. The van der Waals surface area contributed by atoms with Crippen molar-refractivity contribution >= 4 is 52.0 Å². The van der Waals surface area contributed by atoms with Crippen LogP contribution >= 0.6 is 22.7 Å². The van der Waals surface area contributed by atoms with Gasteiger partial charge in [0.1, 0.15) is 15.0 Å². The highest BCUT2D eigenvalue weighted by Gasteiger charge is 2.35. The molecule has 0 saturated carbocycles. The first-order valence-electron chi connectivity index (χ1n) is 7.65. The van der Waals surface area contributed by atoms with Gasteiger partial charge in [0.05, 0.1) is 30.2 Å². The summed E-state index contributed by atoms with van der Waals surface area (Å²) in [7, 11) is 2.66. The molecular formula is C18H18N4O4S2. The number of ether oxygens (including phenoxy) is 1. The summed E-state index contributed by atoms with van der Waals surface area (Å²) in [5.74, 6) is -1.89. The number of nitrogens with two attached hydrogens (primary N) is 1. The summed E-state index contributed by atoms with van der Waals surface area (Å²) >= 11 is 2.33. The van der Waals surface area contributed by atoms with Crippen LogP contribution in [0.15, 0.2) is 27.9 Å². The molecule has 3 rings (SSSR count). The van der Waals surface area contributed by atoms with Gasteiger partial charge in [-0.2, -0.15) is 5.26 Å². The molecule has 0 aliphatic carbocycles. The van der Waals surface area contributed by atoms with Crippen LogP contribution in [0.3, 0.4) is 0 Å². The normalized spacial score (nSPS) is 16.1. The molecule has 0 aromatic carbocycles. The van der Waals surface area contributed by atoms with Crippen molar-refractivity contribution in [1.82, 2.24) is 9.88 Å². The van der Waals surface area contributed by atoms with Gasteiger partial charge < -0.3 is 15.8 Å². The minimum Gasteiger partial charge on any atom is -0.466 e. The van der Waals surface area contributed by atoms with Gasteiger partial charge in [0, 0.05) is 18.0 Å². The fraction of sp³-hybridized carbons (Fsp3) is 0.222. The Hall–Kier alpha value is -3.16. The largest absolute Gasteiger partial charge is 0.466 e. The lowest BCUT2D eigenvalue weighted by molar-refractivity contribution is -0.133. The molecule has 1 amide bonds. The zero-order valence-corrected chi connectivity index (χ0v) is 15.9. The molecule has 1 aliphatic rings. The number of hydrogen-bond acceptors (Lipinski definition) is 8. The Bertz CT molecular complexity index is 1180. The van der Waals surface area contributed by atoms with Crippen LogP contribution in [0.1, 0.15) is 18.2 Å². The second kappa shape index (κ2) is 8.24. The molecular weight excluding hydrogens is 400 g/mol. The number of amides is 1. The third-order valence-corrected chi connectivity index (χ3v) is 6.06. The summed E-state index contributed by atoms with van der Waals surface area (Å²) in [5.41, 5.74) is 5.89. The van der Waals surface area contributed by atoms with Crippen LogP contribution in [-0.2, 0) is 14.3 Å². The van der Waals surface area contributed by atoms with Crippen LogP contribution in [0.4, 0.5) is 0 Å². The number of allylic oxidation sites excluding steroid dienone is 1. The van der Waals surface area contributed by atoms with Crippen molar-refractivity contribution in [3.8, 4) is 6.07 Å². The topological polar surface area (TPSA) is 127 Å². The number of nitrogens with one attached hydrogen (secondary N) is 1. The highest BCUT2D eigenvalue weighted by Crippen LogP contribution is 2.38. The van der Waals surface area contributed by atoms with E-state index in [1.165, 1.54) is 25.5 Å². The number of aromatic nitrogens is 1. The summed E-state index contributed by atoms with van der Waals surface area (Å²) in [6, 6.07) is 5.64. The Morgan fingerprint density at radius 1 is 1.46 bits per heavy atom. The molecule has 3 heterocycles. The first-order chi connectivity index (χ1) is 12.9. The molecule has 0 bridgehead atoms. The zero-order valence-electron chi connectivity index (χ0n) is 14.3. The van der Waals surface area contributed by atoms with E-state index in [4.69, 9.17) is 5.73 Å². The predicted molar refractivity (Wildman–Crippen MR) is 109 cm³/mol. The molecule has 1 atom stereocenters. The quantitative estimate of drug-likeness (QED) is 0.671. The number of thiophene rings is 1. The molecule has 2 aromatic heterocycles. The van der Waals surface area contributed by atoms with Gasteiger partial charge in [-0.05, 0) is 11.4 Å². The highest BCUT2D eigenvalue weighted by molar-refractivity contribution is 7.10. The van der Waals surface area contributed by atoms with Gasteiger partial charge in [0.25, 0.3) is 11.5 Å². The van der Waals surface area contributed by atoms with E-state index in [2.05, 4.69) is 10.1 Å². The molecule has 0 saturated heterocycles. The Morgan fingerprint density at radius 3 is 2.71 bits per heavy atom. The average Bonchev–Trinajstić information content (AvgIpc) is 3.29. The van der Waals surface area contributed by atoms with Crippen molar-refractivity contribution in [1.29, 1.82) is 5.26 Å². The molecule has 1 aliphatic heterocycles. The number of carbonyl (C=O) groups excluding carboxylic acids is 2. The van der Waals surface area contributed by atoms with Gasteiger partial charge in [0.2, 0.25) is 0 Å². The van der Waals surface area contributed by atoms with E-state index in [-0.39, 0.29) is 33.6 Å². The molecule has 0 radical (unpaired) electrons. The number of rotatable bonds is 3. The van der Waals surface area contributed by atoms with Crippen LogP contribution < -0.4 is 25.8 Å². The van der Waals surface area contributed by atoms with E-state index in [0.29, 0.717) is 0 Å².